The van der Waals surface area contributed by atoms with Crippen LogP contribution >= 0.6 is 0 Å². The highest BCUT2D eigenvalue weighted by Gasteiger charge is 2.41. The molecule has 3 N–H and O–H groups in total. The van der Waals surface area contributed by atoms with Crippen LogP contribution in [-0.2, 0) is 36.1 Å². The van der Waals surface area contributed by atoms with E-state index in [-0.39, 0.29) is 19.0 Å². The molecule has 2 aromatic rings. The molecule has 18 heteroatoms. The van der Waals surface area contributed by atoms with Crippen molar-refractivity contribution in [2.45, 2.75) is 50.2 Å². The molecule has 0 saturated carbocycles. The van der Waals surface area contributed by atoms with Gasteiger partial charge < -0.3 is 14.8 Å². The van der Waals surface area contributed by atoms with Crippen molar-refractivity contribution in [1.82, 2.24) is 29.5 Å². The van der Waals surface area contributed by atoms with Crippen LogP contribution in [-0.4, -0.2) is 95.7 Å². The number of likely N-dealkylation sites (tertiary alicyclic amines) is 1. The van der Waals surface area contributed by atoms with Crippen LogP contribution in [0.5, 0.6) is 0 Å². The first-order valence-electron chi connectivity index (χ1n) is 10.8. The molecule has 4 heterocycles. The van der Waals surface area contributed by atoms with Crippen molar-refractivity contribution in [1.29, 1.82) is 0 Å². The molecule has 1 saturated heterocycles. The number of fused-ring (bicyclic) bond motifs is 1. The highest BCUT2D eigenvalue weighted by molar-refractivity contribution is 5.73. The second kappa shape index (κ2) is 12.1. The smallest absolute Gasteiger partial charge is 0.475 e. The number of aliphatic carboxylic acids is 2. The van der Waals surface area contributed by atoms with Gasteiger partial charge in [-0.15, -0.1) is 0 Å². The predicted molar refractivity (Wildman–Crippen MR) is 112 cm³/mol. The van der Waals surface area contributed by atoms with Crippen molar-refractivity contribution in [3.63, 3.8) is 0 Å². The number of halogens is 8. The van der Waals surface area contributed by atoms with Gasteiger partial charge in [-0.3, -0.25) is 14.9 Å². The van der Waals surface area contributed by atoms with Gasteiger partial charge in [0.2, 0.25) is 0 Å². The Balaban J connectivity index is 0.000000301. The van der Waals surface area contributed by atoms with Gasteiger partial charge in [-0.05, 0) is 0 Å². The van der Waals surface area contributed by atoms with E-state index >= 15 is 0 Å². The zero-order valence-corrected chi connectivity index (χ0v) is 19.7. The number of carbonyl (C=O) groups is 2. The van der Waals surface area contributed by atoms with E-state index in [2.05, 4.69) is 24.6 Å². The Morgan fingerprint density at radius 3 is 2.16 bits per heavy atom. The zero-order valence-electron chi connectivity index (χ0n) is 19.7. The van der Waals surface area contributed by atoms with E-state index in [1.54, 1.807) is 0 Å². The first-order chi connectivity index (χ1) is 17.4. The topological polar surface area (TPSA) is 128 Å². The van der Waals surface area contributed by atoms with Crippen LogP contribution < -0.4 is 0 Å². The summed E-state index contributed by atoms with van der Waals surface area (Å²) in [6, 6.07) is 0.205. The van der Waals surface area contributed by atoms with E-state index < -0.39 is 30.2 Å². The monoisotopic (exact) mass is 564 g/mol. The fourth-order valence-corrected chi connectivity index (χ4v) is 3.80. The van der Waals surface area contributed by atoms with Crippen molar-refractivity contribution in [2.75, 3.05) is 19.6 Å². The molecule has 10 nitrogen and oxygen atoms in total. The maximum absolute atomic E-state index is 13.5. The van der Waals surface area contributed by atoms with Crippen molar-refractivity contribution >= 4 is 11.9 Å². The average Bonchev–Trinajstić information content (AvgIpc) is 3.49. The average molecular weight is 564 g/mol. The molecule has 4 rings (SSSR count). The van der Waals surface area contributed by atoms with Gasteiger partial charge in [0.15, 0.2) is 0 Å². The van der Waals surface area contributed by atoms with E-state index in [9.17, 15) is 35.1 Å². The summed E-state index contributed by atoms with van der Waals surface area (Å²) in [5, 5.41) is 21.1. The summed E-state index contributed by atoms with van der Waals surface area (Å²) >= 11 is 0. The summed E-state index contributed by atoms with van der Waals surface area (Å²) in [7, 11) is 2.00. The Kier molecular flexibility index (Phi) is 9.82. The number of aromatic amines is 1. The number of nitrogens with one attached hydrogen (secondary N) is 1. The van der Waals surface area contributed by atoms with Gasteiger partial charge in [0, 0.05) is 69.6 Å². The molecule has 0 spiro atoms. The second-order valence-electron chi connectivity index (χ2n) is 8.57. The van der Waals surface area contributed by atoms with Gasteiger partial charge in [-0.25, -0.2) is 23.4 Å². The first kappa shape index (κ1) is 30.9. The van der Waals surface area contributed by atoms with Gasteiger partial charge in [-0.1, -0.05) is 0 Å². The molecule has 1 unspecified atom stereocenters. The number of imidazole rings is 1. The third-order valence-electron chi connectivity index (χ3n) is 5.59. The van der Waals surface area contributed by atoms with E-state index in [0.717, 1.165) is 30.8 Å². The summed E-state index contributed by atoms with van der Waals surface area (Å²) in [6.45, 7) is 2.51. The fraction of sp³-hybridized carbons (Fsp3) is 0.600. The quantitative estimate of drug-likeness (QED) is 0.484. The lowest BCUT2D eigenvalue weighted by molar-refractivity contribution is -0.193. The fourth-order valence-electron chi connectivity index (χ4n) is 3.80. The van der Waals surface area contributed by atoms with Gasteiger partial charge in [0.1, 0.15) is 0 Å². The van der Waals surface area contributed by atoms with E-state index in [0.29, 0.717) is 13.1 Å². The van der Waals surface area contributed by atoms with Gasteiger partial charge in [0.05, 0.1) is 24.8 Å². The number of aryl methyl sites for hydroxylation is 1. The molecular formula is C20H24F8N6O4. The summed E-state index contributed by atoms with van der Waals surface area (Å²) in [5.41, 5.74) is 3.41. The number of hydrogen-bond acceptors (Lipinski definition) is 6. The summed E-state index contributed by atoms with van der Waals surface area (Å²) in [5.74, 6) is -8.05. The number of hydrogen-bond donors (Lipinski definition) is 3. The SMILES string of the molecule is Cn1cnc2c1CC(CN1CCC(F)(F)C1)N(Cc1cn[nH]c1)C2.O=C(O)C(F)(F)F.O=C(O)C(F)(F)F. The Labute approximate surface area is 209 Å². The molecule has 1 fully saturated rings. The Morgan fingerprint density at radius 2 is 1.71 bits per heavy atom. The third kappa shape index (κ3) is 9.23. The molecule has 2 aliphatic rings. The van der Waals surface area contributed by atoms with Crippen LogP contribution in [0.2, 0.25) is 0 Å². The van der Waals surface area contributed by atoms with Gasteiger partial charge in [0.25, 0.3) is 5.92 Å². The third-order valence-corrected chi connectivity index (χ3v) is 5.59. The van der Waals surface area contributed by atoms with E-state index in [4.69, 9.17) is 19.8 Å². The van der Waals surface area contributed by atoms with Crippen LogP contribution in [0, 0.1) is 0 Å². The molecule has 0 bridgehead atoms. The van der Waals surface area contributed by atoms with Crippen LogP contribution in [0.3, 0.4) is 0 Å². The lowest BCUT2D eigenvalue weighted by Crippen LogP contribution is -2.47. The second-order valence-corrected chi connectivity index (χ2v) is 8.57. The summed E-state index contributed by atoms with van der Waals surface area (Å²) in [6.07, 6.45) is -3.82. The molecule has 2 aliphatic heterocycles. The molecule has 1 atom stereocenters. The van der Waals surface area contributed by atoms with Crippen LogP contribution in [0.15, 0.2) is 18.7 Å². The lowest BCUT2D eigenvalue weighted by Gasteiger charge is -2.37. The number of aromatic nitrogens is 4. The molecule has 2 aromatic heterocycles. The normalized spacial score (nSPS) is 19.6. The van der Waals surface area contributed by atoms with Gasteiger partial charge >= 0.3 is 24.3 Å². The minimum Gasteiger partial charge on any atom is -0.475 e. The van der Waals surface area contributed by atoms with Crippen molar-refractivity contribution in [3.8, 4) is 0 Å². The largest absolute Gasteiger partial charge is 0.490 e. The Bertz CT molecular complexity index is 1050. The van der Waals surface area contributed by atoms with Crippen LogP contribution in [0.25, 0.3) is 0 Å². The zero-order chi connectivity index (χ0) is 28.9. The molecule has 0 amide bonds. The minimum absolute atomic E-state index is 0.0294. The number of carboxylic acids is 2. The summed E-state index contributed by atoms with van der Waals surface area (Å²) < 4.78 is 92.6. The predicted octanol–water partition coefficient (Wildman–Crippen LogP) is 2.68. The standard InChI is InChI=1S/C16H22F2N6.2C2HF3O2/c1-22-11-19-14-9-24(7-12-5-20-21-6-12)13(4-15(14)22)8-23-3-2-16(17,18)10-23;2*3-2(4,5)1(6)7/h5-6,11,13H,2-4,7-10H2,1H3,(H,20,21);2*(H,6,7). The number of rotatable bonds is 4. The number of carboxylic acid groups (broad SMARTS) is 2. The van der Waals surface area contributed by atoms with Crippen LogP contribution in [0.1, 0.15) is 23.4 Å². The maximum atomic E-state index is 13.5. The first-order valence-corrected chi connectivity index (χ1v) is 10.8. The Hall–Kier alpha value is -3.28. The molecule has 0 aliphatic carbocycles. The lowest BCUT2D eigenvalue weighted by atomic mass is 10.0. The highest BCUT2D eigenvalue weighted by Crippen LogP contribution is 2.30. The molecule has 38 heavy (non-hydrogen) atoms. The Morgan fingerprint density at radius 1 is 1.13 bits per heavy atom. The highest BCUT2D eigenvalue weighted by atomic mass is 19.4. The number of H-pyrrole nitrogens is 1. The number of alkyl halides is 8. The number of nitrogens with zero attached hydrogens (tertiary/aromatic N) is 5. The van der Waals surface area contributed by atoms with E-state index in [1.165, 1.54) is 5.69 Å². The minimum atomic E-state index is -5.08. The molecule has 0 aromatic carbocycles. The van der Waals surface area contributed by atoms with E-state index in [1.807, 2.05) is 30.7 Å². The van der Waals surface area contributed by atoms with Crippen molar-refractivity contribution in [2.24, 2.45) is 7.05 Å². The van der Waals surface area contributed by atoms with Crippen LogP contribution in [0.4, 0.5) is 35.1 Å². The maximum Gasteiger partial charge on any atom is 0.490 e. The molecular weight excluding hydrogens is 540 g/mol. The van der Waals surface area contributed by atoms with Gasteiger partial charge in [-0.2, -0.15) is 31.4 Å². The van der Waals surface area contributed by atoms with Crippen molar-refractivity contribution < 1.29 is 54.9 Å². The van der Waals surface area contributed by atoms with Crippen molar-refractivity contribution in [3.05, 3.63) is 35.7 Å². The molecule has 214 valence electrons. The molecule has 0 radical (unpaired) electrons. The summed E-state index contributed by atoms with van der Waals surface area (Å²) in [4.78, 5) is 26.5.